The zero-order valence-electron chi connectivity index (χ0n) is 10.7. The Hall–Kier alpha value is -3.15. The summed E-state index contributed by atoms with van der Waals surface area (Å²) < 4.78 is 0.129. The second-order valence-corrected chi connectivity index (χ2v) is 4.40. The van der Waals surface area contributed by atoms with Crippen LogP contribution in [0.4, 0.5) is 0 Å². The Bertz CT molecular complexity index is 915. The molecule has 0 bridgehead atoms. The third-order valence-electron chi connectivity index (χ3n) is 3.14. The van der Waals surface area contributed by atoms with Crippen molar-refractivity contribution in [2.75, 3.05) is 0 Å². The molecule has 0 aliphatic carbocycles. The fraction of sp³-hybridized carbons (Fsp3) is 0. The van der Waals surface area contributed by atoms with E-state index in [0.29, 0.717) is 5.52 Å². The number of carboxylic acids is 1. The highest BCUT2D eigenvalue weighted by Crippen LogP contribution is 2.22. The van der Waals surface area contributed by atoms with Crippen LogP contribution in [-0.2, 0) is 0 Å². The monoisotopic (exact) mass is 281 g/mol. The minimum Gasteiger partial charge on any atom is -0.802 e. The van der Waals surface area contributed by atoms with E-state index >= 15 is 0 Å². The van der Waals surface area contributed by atoms with Crippen LogP contribution in [-0.4, -0.2) is 20.8 Å². The summed E-state index contributed by atoms with van der Waals surface area (Å²) in [5.74, 6) is -1.40. The van der Waals surface area contributed by atoms with E-state index < -0.39 is 11.5 Å². The van der Waals surface area contributed by atoms with Gasteiger partial charge in [0.05, 0.1) is 16.5 Å². The zero-order valence-corrected chi connectivity index (χ0v) is 10.7. The van der Waals surface area contributed by atoms with Crippen molar-refractivity contribution in [1.82, 2.24) is 9.71 Å². The van der Waals surface area contributed by atoms with E-state index in [9.17, 15) is 19.9 Å². The van der Waals surface area contributed by atoms with Crippen LogP contribution in [0, 0.1) is 5.21 Å². The summed E-state index contributed by atoms with van der Waals surface area (Å²) >= 11 is 0. The van der Waals surface area contributed by atoms with E-state index in [1.54, 1.807) is 30.3 Å². The lowest BCUT2D eigenvalue weighted by molar-refractivity contribution is 0.0697. The number of aromatic carboxylic acids is 1. The lowest BCUT2D eigenvalue weighted by Crippen LogP contribution is -2.20. The van der Waals surface area contributed by atoms with Crippen LogP contribution in [0.5, 0.6) is 0 Å². The van der Waals surface area contributed by atoms with Gasteiger partial charge in [-0.1, -0.05) is 30.3 Å². The van der Waals surface area contributed by atoms with E-state index in [-0.39, 0.29) is 27.1 Å². The fourth-order valence-electron chi connectivity index (χ4n) is 2.15. The molecule has 0 saturated heterocycles. The average Bonchev–Trinajstić information content (AvgIpc) is 2.51. The van der Waals surface area contributed by atoms with Crippen molar-refractivity contribution in [3.8, 4) is 11.4 Å². The van der Waals surface area contributed by atoms with Crippen LogP contribution in [0.25, 0.3) is 22.3 Å². The molecule has 0 spiro atoms. The smallest absolute Gasteiger partial charge is 0.336 e. The van der Waals surface area contributed by atoms with Crippen molar-refractivity contribution in [3.05, 3.63) is 69.7 Å². The van der Waals surface area contributed by atoms with Gasteiger partial charge < -0.3 is 15.0 Å². The van der Waals surface area contributed by atoms with Crippen LogP contribution in [0.1, 0.15) is 10.4 Å². The number of hydrogen-bond donors (Lipinski definition) is 1. The first-order chi connectivity index (χ1) is 10.1. The standard InChI is InChI=1S/C15H9N2O4/c18-14-11-7-3-4-8-12(11)16-13(17(14)21)9-5-1-2-6-10(9)15(19)20/h1-8H,(H,19,20)/q-1. The molecule has 0 fully saturated rings. The van der Waals surface area contributed by atoms with Gasteiger partial charge in [0, 0.05) is 5.56 Å². The van der Waals surface area contributed by atoms with E-state index in [1.807, 2.05) is 0 Å². The summed E-state index contributed by atoms with van der Waals surface area (Å²) in [6.45, 7) is 0. The molecule has 0 aliphatic rings. The molecule has 0 radical (unpaired) electrons. The number of fused-ring (bicyclic) bond motifs is 1. The number of nitrogens with zero attached hydrogens (tertiary/aromatic N) is 2. The molecular weight excluding hydrogens is 272 g/mol. The minimum atomic E-state index is -1.19. The fourth-order valence-corrected chi connectivity index (χ4v) is 2.15. The first-order valence-electron chi connectivity index (χ1n) is 6.11. The number of carboxylic acid groups (broad SMARTS) is 1. The molecule has 21 heavy (non-hydrogen) atoms. The first-order valence-corrected chi connectivity index (χ1v) is 6.11. The molecule has 1 aromatic heterocycles. The lowest BCUT2D eigenvalue weighted by atomic mass is 10.1. The summed E-state index contributed by atoms with van der Waals surface area (Å²) in [4.78, 5) is 27.4. The van der Waals surface area contributed by atoms with Gasteiger partial charge in [0.15, 0.2) is 0 Å². The Kier molecular flexibility index (Phi) is 2.91. The highest BCUT2D eigenvalue weighted by Gasteiger charge is 2.15. The molecule has 0 atom stereocenters. The molecule has 3 aromatic rings. The molecule has 104 valence electrons. The second-order valence-electron chi connectivity index (χ2n) is 4.40. The maximum atomic E-state index is 12.1. The largest absolute Gasteiger partial charge is 0.802 e. The lowest BCUT2D eigenvalue weighted by Gasteiger charge is -2.17. The predicted octanol–water partition coefficient (Wildman–Crippen LogP) is 2.11. The van der Waals surface area contributed by atoms with Crippen LogP contribution in [0.3, 0.4) is 0 Å². The van der Waals surface area contributed by atoms with Crippen LogP contribution in [0.15, 0.2) is 53.3 Å². The highest BCUT2D eigenvalue weighted by molar-refractivity contribution is 5.95. The number of para-hydroxylation sites is 1. The van der Waals surface area contributed by atoms with Crippen molar-refractivity contribution in [1.29, 1.82) is 0 Å². The number of aromatic nitrogens is 2. The molecule has 0 unspecified atom stereocenters. The molecule has 1 heterocycles. The third kappa shape index (κ3) is 2.02. The average molecular weight is 281 g/mol. The van der Waals surface area contributed by atoms with Gasteiger partial charge in [0.25, 0.3) is 5.56 Å². The number of hydrogen-bond acceptors (Lipinski definition) is 4. The van der Waals surface area contributed by atoms with E-state index in [4.69, 9.17) is 0 Å². The second kappa shape index (κ2) is 4.75. The van der Waals surface area contributed by atoms with Gasteiger partial charge in [-0.25, -0.2) is 9.78 Å². The van der Waals surface area contributed by atoms with Crippen LogP contribution < -0.4 is 5.56 Å². The van der Waals surface area contributed by atoms with Gasteiger partial charge in [-0.05, 0) is 18.2 Å². The Labute approximate surface area is 118 Å². The van der Waals surface area contributed by atoms with E-state index in [2.05, 4.69) is 4.98 Å². The summed E-state index contributed by atoms with van der Waals surface area (Å²) in [5, 5.41) is 21.5. The van der Waals surface area contributed by atoms with Crippen molar-refractivity contribution < 1.29 is 9.90 Å². The predicted molar refractivity (Wildman–Crippen MR) is 77.2 cm³/mol. The van der Waals surface area contributed by atoms with Gasteiger partial charge >= 0.3 is 5.97 Å². The molecule has 6 heteroatoms. The van der Waals surface area contributed by atoms with Crippen molar-refractivity contribution >= 4 is 16.9 Å². The van der Waals surface area contributed by atoms with Gasteiger partial charge in [-0.15, -0.1) is 0 Å². The van der Waals surface area contributed by atoms with E-state index in [1.165, 1.54) is 18.2 Å². The molecule has 0 saturated carbocycles. The molecule has 2 aromatic carbocycles. The highest BCUT2D eigenvalue weighted by atomic mass is 16.5. The SMILES string of the molecule is O=C(O)c1ccccc1-c1nc2ccccc2c(=O)n1[O-]. The van der Waals surface area contributed by atoms with Crippen LogP contribution in [0.2, 0.25) is 0 Å². The normalized spacial score (nSPS) is 10.7. The van der Waals surface area contributed by atoms with Gasteiger partial charge in [-0.2, -0.15) is 0 Å². The first kappa shape index (κ1) is 12.9. The number of rotatable bonds is 2. The van der Waals surface area contributed by atoms with Crippen molar-refractivity contribution in [3.63, 3.8) is 0 Å². The van der Waals surface area contributed by atoms with Crippen LogP contribution >= 0.6 is 0 Å². The third-order valence-corrected chi connectivity index (χ3v) is 3.14. The van der Waals surface area contributed by atoms with Crippen molar-refractivity contribution in [2.45, 2.75) is 0 Å². The Morgan fingerprint density at radius 3 is 2.52 bits per heavy atom. The van der Waals surface area contributed by atoms with Gasteiger partial charge in [0.1, 0.15) is 5.82 Å². The summed E-state index contributed by atoms with van der Waals surface area (Å²) in [7, 11) is 0. The molecule has 3 rings (SSSR count). The number of benzene rings is 2. The van der Waals surface area contributed by atoms with Crippen molar-refractivity contribution in [2.24, 2.45) is 0 Å². The number of carbonyl (C=O) groups is 1. The summed E-state index contributed by atoms with van der Waals surface area (Å²) in [6.07, 6.45) is 0. The van der Waals surface area contributed by atoms with E-state index in [0.717, 1.165) is 0 Å². The quantitative estimate of drug-likeness (QED) is 0.776. The Balaban J connectivity index is 2.39. The van der Waals surface area contributed by atoms with Gasteiger partial charge in [0.2, 0.25) is 0 Å². The summed E-state index contributed by atoms with van der Waals surface area (Å²) in [5.41, 5.74) is -0.368. The molecular formula is C15H9N2O4-. The molecule has 0 aliphatic heterocycles. The molecule has 1 N–H and O–H groups in total. The minimum absolute atomic E-state index is 0.0794. The molecule has 6 nitrogen and oxygen atoms in total. The topological polar surface area (TPSA) is 95.2 Å². The molecule has 0 amide bonds. The Morgan fingerprint density at radius 2 is 1.76 bits per heavy atom. The summed E-state index contributed by atoms with van der Waals surface area (Å²) in [6, 6.07) is 12.4. The maximum Gasteiger partial charge on any atom is 0.336 e. The maximum absolute atomic E-state index is 12.1. The Morgan fingerprint density at radius 1 is 1.10 bits per heavy atom. The van der Waals surface area contributed by atoms with Gasteiger partial charge in [-0.3, -0.25) is 4.79 Å². The zero-order chi connectivity index (χ0) is 15.0.